The third-order valence-corrected chi connectivity index (χ3v) is 3.70. The molecule has 0 radical (unpaired) electrons. The SMILES string of the molecule is O=[N+]([O-])NN1NCC(Cc2ccco2)CN1/N=C/c1ccccc1O. The summed E-state index contributed by atoms with van der Waals surface area (Å²) in [6.07, 6.45) is 3.73. The van der Waals surface area contributed by atoms with Crippen molar-refractivity contribution in [2.45, 2.75) is 6.42 Å². The average Bonchev–Trinajstić information content (AvgIpc) is 3.08. The second-order valence-corrected chi connectivity index (χ2v) is 5.54. The smallest absolute Gasteiger partial charge is 0.176 e. The average molecular weight is 346 g/mol. The fraction of sp³-hybridized carbons (Fsp3) is 0.267. The number of nitrogens with one attached hydrogen (secondary N) is 2. The van der Waals surface area contributed by atoms with Crippen molar-refractivity contribution >= 4 is 6.21 Å². The molecule has 0 aliphatic carbocycles. The van der Waals surface area contributed by atoms with Gasteiger partial charge >= 0.3 is 0 Å². The van der Waals surface area contributed by atoms with Gasteiger partial charge in [-0.3, -0.25) is 0 Å². The van der Waals surface area contributed by atoms with Gasteiger partial charge in [-0.05, 0) is 29.8 Å². The van der Waals surface area contributed by atoms with Crippen molar-refractivity contribution in [1.29, 1.82) is 0 Å². The van der Waals surface area contributed by atoms with Crippen molar-refractivity contribution in [3.8, 4) is 5.75 Å². The summed E-state index contributed by atoms with van der Waals surface area (Å²) in [5.41, 5.74) is 5.45. The summed E-state index contributed by atoms with van der Waals surface area (Å²) >= 11 is 0. The van der Waals surface area contributed by atoms with E-state index in [1.165, 1.54) is 11.3 Å². The van der Waals surface area contributed by atoms with E-state index in [2.05, 4.69) is 10.5 Å². The van der Waals surface area contributed by atoms with E-state index >= 15 is 0 Å². The molecule has 2 heterocycles. The molecule has 10 nitrogen and oxygen atoms in total. The topological polar surface area (TPSA) is 119 Å². The number of rotatable bonds is 6. The Labute approximate surface area is 143 Å². The van der Waals surface area contributed by atoms with Gasteiger partial charge in [0.2, 0.25) is 0 Å². The van der Waals surface area contributed by atoms with E-state index in [1.54, 1.807) is 30.5 Å². The van der Waals surface area contributed by atoms with Gasteiger partial charge in [-0.15, -0.1) is 0 Å². The second-order valence-electron chi connectivity index (χ2n) is 5.54. The number of hydrogen-bond acceptors (Lipinski definition) is 8. The van der Waals surface area contributed by atoms with Crippen LogP contribution < -0.4 is 11.0 Å². The molecule has 0 saturated carbocycles. The lowest BCUT2D eigenvalue weighted by atomic mass is 10.0. The third kappa shape index (κ3) is 4.46. The van der Waals surface area contributed by atoms with Crippen LogP contribution in [0.3, 0.4) is 0 Å². The molecule has 1 aromatic carbocycles. The molecule has 0 bridgehead atoms. The minimum absolute atomic E-state index is 0.0807. The van der Waals surface area contributed by atoms with Crippen LogP contribution in [0.4, 0.5) is 0 Å². The Morgan fingerprint density at radius 1 is 1.44 bits per heavy atom. The van der Waals surface area contributed by atoms with E-state index in [1.807, 2.05) is 17.7 Å². The summed E-state index contributed by atoms with van der Waals surface area (Å²) < 4.78 is 5.35. The molecule has 1 atom stereocenters. The van der Waals surface area contributed by atoms with E-state index in [4.69, 9.17) is 4.42 Å². The minimum Gasteiger partial charge on any atom is -0.507 e. The van der Waals surface area contributed by atoms with Crippen molar-refractivity contribution < 1.29 is 14.6 Å². The number of hydrazine groups is 4. The second kappa shape index (κ2) is 7.64. The Kier molecular flexibility index (Phi) is 5.11. The first-order valence-corrected chi connectivity index (χ1v) is 7.68. The van der Waals surface area contributed by atoms with Crippen LogP contribution in [0.1, 0.15) is 11.3 Å². The molecular weight excluding hydrogens is 328 g/mol. The number of hydrogen-bond donors (Lipinski definition) is 3. The van der Waals surface area contributed by atoms with Crippen LogP contribution in [0.2, 0.25) is 0 Å². The van der Waals surface area contributed by atoms with E-state index < -0.39 is 5.03 Å². The molecule has 0 spiro atoms. The molecule has 1 saturated heterocycles. The number of nitro groups is 1. The van der Waals surface area contributed by atoms with Crippen LogP contribution >= 0.6 is 0 Å². The zero-order valence-electron chi connectivity index (χ0n) is 13.3. The Bertz CT molecular complexity index is 735. The van der Waals surface area contributed by atoms with Crippen LogP contribution in [-0.4, -0.2) is 39.8 Å². The molecule has 3 rings (SSSR count). The summed E-state index contributed by atoms with van der Waals surface area (Å²) in [5.74, 6) is 1.06. The van der Waals surface area contributed by atoms with Gasteiger partial charge in [0.05, 0.1) is 19.0 Å². The highest BCUT2D eigenvalue weighted by Crippen LogP contribution is 2.16. The van der Waals surface area contributed by atoms with E-state index in [0.717, 1.165) is 11.0 Å². The Hall–Kier alpha value is -3.11. The number of para-hydroxylation sites is 1. The van der Waals surface area contributed by atoms with Crippen LogP contribution in [0.15, 0.2) is 52.2 Å². The first kappa shape index (κ1) is 16.7. The van der Waals surface area contributed by atoms with Gasteiger partial charge in [0.15, 0.2) is 5.03 Å². The number of hydrazone groups is 1. The third-order valence-electron chi connectivity index (χ3n) is 3.70. The summed E-state index contributed by atoms with van der Waals surface area (Å²) in [5, 5.41) is 26.6. The predicted octanol–water partition coefficient (Wildman–Crippen LogP) is 0.911. The fourth-order valence-corrected chi connectivity index (χ4v) is 2.51. The highest BCUT2D eigenvalue weighted by Gasteiger charge is 2.28. The number of phenols is 1. The molecule has 25 heavy (non-hydrogen) atoms. The van der Waals surface area contributed by atoms with Crippen molar-refractivity contribution in [2.24, 2.45) is 11.0 Å². The van der Waals surface area contributed by atoms with Crippen LogP contribution in [-0.2, 0) is 6.42 Å². The van der Waals surface area contributed by atoms with Gasteiger partial charge in [-0.25, -0.2) is 15.5 Å². The molecule has 1 fully saturated rings. The summed E-state index contributed by atoms with van der Waals surface area (Å²) in [6.45, 7) is 0.947. The monoisotopic (exact) mass is 346 g/mol. The molecule has 3 N–H and O–H groups in total. The summed E-state index contributed by atoms with van der Waals surface area (Å²) in [6, 6.07) is 10.4. The molecule has 1 aliphatic rings. The van der Waals surface area contributed by atoms with E-state index in [0.29, 0.717) is 25.1 Å². The highest BCUT2D eigenvalue weighted by atomic mass is 16.7. The van der Waals surface area contributed by atoms with Gasteiger partial charge in [-0.2, -0.15) is 10.2 Å². The maximum Gasteiger partial charge on any atom is 0.176 e. The van der Waals surface area contributed by atoms with Crippen LogP contribution in [0.5, 0.6) is 5.75 Å². The molecule has 1 unspecified atom stereocenters. The lowest BCUT2D eigenvalue weighted by molar-refractivity contribution is -0.599. The first-order valence-electron chi connectivity index (χ1n) is 7.68. The molecular formula is C15H18N6O4. The van der Waals surface area contributed by atoms with Crippen molar-refractivity contribution in [1.82, 2.24) is 21.3 Å². The van der Waals surface area contributed by atoms with Gasteiger partial charge in [-0.1, -0.05) is 12.1 Å². The quantitative estimate of drug-likeness (QED) is 0.401. The maximum atomic E-state index is 10.8. The van der Waals surface area contributed by atoms with E-state index in [-0.39, 0.29) is 11.7 Å². The van der Waals surface area contributed by atoms with Gasteiger partial charge < -0.3 is 9.52 Å². The fourth-order valence-electron chi connectivity index (χ4n) is 2.51. The summed E-state index contributed by atoms with van der Waals surface area (Å²) in [4.78, 5) is 10.8. The molecule has 1 aromatic heterocycles. The van der Waals surface area contributed by atoms with Crippen LogP contribution in [0, 0.1) is 16.0 Å². The standard InChI is InChI=1S/C15H18N6O4/c22-15-6-2-1-4-13(15)10-16-19-11-12(8-14-5-3-7-25-14)9-17-20(19)18-21(23)24/h1-7,10,12,17-18,22H,8-9,11H2/b16-10+. The van der Waals surface area contributed by atoms with Crippen LogP contribution in [0.25, 0.3) is 0 Å². The number of furan rings is 1. The van der Waals surface area contributed by atoms with Crippen molar-refractivity contribution in [3.63, 3.8) is 0 Å². The molecule has 1 aliphatic heterocycles. The number of phenolic OH excluding ortho intramolecular Hbond substituents is 1. The Morgan fingerprint density at radius 3 is 3.00 bits per heavy atom. The van der Waals surface area contributed by atoms with Crippen molar-refractivity contribution in [3.05, 3.63) is 64.1 Å². The van der Waals surface area contributed by atoms with Gasteiger partial charge in [0.1, 0.15) is 11.5 Å². The largest absolute Gasteiger partial charge is 0.507 e. The Morgan fingerprint density at radius 2 is 2.28 bits per heavy atom. The van der Waals surface area contributed by atoms with Gasteiger partial charge in [0, 0.05) is 29.7 Å². The normalized spacial score (nSPS) is 18.6. The molecule has 2 aromatic rings. The number of nitrogens with zero attached hydrogens (tertiary/aromatic N) is 4. The molecule has 0 amide bonds. The number of aromatic hydroxyl groups is 1. The number of benzene rings is 1. The Balaban J connectivity index is 1.72. The zero-order chi connectivity index (χ0) is 17.6. The first-order chi connectivity index (χ1) is 12.1. The lowest BCUT2D eigenvalue weighted by Crippen LogP contribution is -2.64. The molecule has 132 valence electrons. The van der Waals surface area contributed by atoms with E-state index in [9.17, 15) is 15.2 Å². The maximum absolute atomic E-state index is 10.8. The summed E-state index contributed by atoms with van der Waals surface area (Å²) in [7, 11) is 0. The predicted molar refractivity (Wildman–Crippen MR) is 88.3 cm³/mol. The lowest BCUT2D eigenvalue weighted by Gasteiger charge is -2.37. The minimum atomic E-state index is -0.678. The van der Waals surface area contributed by atoms with Crippen molar-refractivity contribution in [2.75, 3.05) is 13.1 Å². The molecule has 10 heteroatoms. The highest BCUT2D eigenvalue weighted by molar-refractivity contribution is 5.82. The zero-order valence-corrected chi connectivity index (χ0v) is 13.3. The van der Waals surface area contributed by atoms with Gasteiger partial charge in [0.25, 0.3) is 0 Å².